The van der Waals surface area contributed by atoms with E-state index in [9.17, 15) is 9.18 Å². The maximum Gasteiger partial charge on any atom is 0.231 e. The summed E-state index contributed by atoms with van der Waals surface area (Å²) >= 11 is 0. The second-order valence-corrected chi connectivity index (χ2v) is 6.63. The molecule has 29 heavy (non-hydrogen) atoms. The topological polar surface area (TPSA) is 54.0 Å². The highest BCUT2D eigenvalue weighted by molar-refractivity contribution is 6.14. The van der Waals surface area contributed by atoms with Crippen molar-refractivity contribution in [3.63, 3.8) is 0 Å². The Balaban J connectivity index is 1.33. The highest BCUT2D eigenvalue weighted by Crippen LogP contribution is 2.37. The number of carbonyl (C=O) groups excluding carboxylic acids is 1. The van der Waals surface area contributed by atoms with Crippen LogP contribution in [0.1, 0.15) is 21.5 Å². The van der Waals surface area contributed by atoms with Gasteiger partial charge < -0.3 is 18.9 Å². The summed E-state index contributed by atoms with van der Waals surface area (Å²) in [5.41, 5.74) is 2.09. The van der Waals surface area contributed by atoms with E-state index in [4.69, 9.17) is 18.9 Å². The summed E-state index contributed by atoms with van der Waals surface area (Å²) in [6, 6.07) is 16.6. The fourth-order valence-corrected chi connectivity index (χ4v) is 3.16. The number of halogens is 1. The van der Waals surface area contributed by atoms with Crippen LogP contribution in [0.25, 0.3) is 6.08 Å². The van der Waals surface area contributed by atoms with Crippen LogP contribution >= 0.6 is 0 Å². The molecule has 0 aliphatic carbocycles. The average Bonchev–Trinajstić information content (AvgIpc) is 3.32. The molecular formula is C23H15FO5. The van der Waals surface area contributed by atoms with E-state index in [0.717, 1.165) is 11.1 Å². The van der Waals surface area contributed by atoms with Crippen molar-refractivity contribution in [2.75, 3.05) is 6.79 Å². The summed E-state index contributed by atoms with van der Waals surface area (Å²) in [5, 5.41) is 0. The molecule has 0 bridgehead atoms. The van der Waals surface area contributed by atoms with E-state index in [1.807, 2.05) is 6.07 Å². The van der Waals surface area contributed by atoms with E-state index in [0.29, 0.717) is 28.6 Å². The lowest BCUT2D eigenvalue weighted by Crippen LogP contribution is -1.98. The average molecular weight is 390 g/mol. The molecule has 0 atom stereocenters. The summed E-state index contributed by atoms with van der Waals surface area (Å²) in [6.45, 7) is 0.476. The van der Waals surface area contributed by atoms with Gasteiger partial charge in [-0.1, -0.05) is 18.2 Å². The van der Waals surface area contributed by atoms with E-state index in [-0.39, 0.29) is 30.8 Å². The first-order chi connectivity index (χ1) is 14.2. The summed E-state index contributed by atoms with van der Waals surface area (Å²) in [5.74, 6) is 2.07. The van der Waals surface area contributed by atoms with Crippen molar-refractivity contribution in [3.8, 4) is 23.0 Å². The molecule has 0 saturated heterocycles. The fourth-order valence-electron chi connectivity index (χ4n) is 3.16. The molecule has 144 valence electrons. The van der Waals surface area contributed by atoms with Gasteiger partial charge in [0.15, 0.2) is 17.3 Å². The van der Waals surface area contributed by atoms with Gasteiger partial charge in [0.1, 0.15) is 23.9 Å². The Morgan fingerprint density at radius 2 is 1.76 bits per heavy atom. The normalized spacial score (nSPS) is 15.3. The Kier molecular flexibility index (Phi) is 4.17. The second kappa shape index (κ2) is 6.98. The molecule has 6 heteroatoms. The van der Waals surface area contributed by atoms with Gasteiger partial charge in [-0.25, -0.2) is 4.39 Å². The van der Waals surface area contributed by atoms with Crippen LogP contribution in [-0.4, -0.2) is 12.6 Å². The fraction of sp³-hybridized carbons (Fsp3) is 0.0870. The maximum atomic E-state index is 13.0. The Hall–Kier alpha value is -3.80. The highest BCUT2D eigenvalue weighted by Gasteiger charge is 2.28. The van der Waals surface area contributed by atoms with E-state index >= 15 is 0 Å². The van der Waals surface area contributed by atoms with Crippen molar-refractivity contribution in [1.82, 2.24) is 0 Å². The van der Waals surface area contributed by atoms with E-state index < -0.39 is 0 Å². The van der Waals surface area contributed by atoms with Crippen molar-refractivity contribution in [1.29, 1.82) is 0 Å². The zero-order valence-corrected chi connectivity index (χ0v) is 15.2. The van der Waals surface area contributed by atoms with Gasteiger partial charge in [0, 0.05) is 6.07 Å². The SMILES string of the molecule is O=C1/C(=C/c2ccc3c(c2)OCO3)Oc2cc(OCc3ccc(F)cc3)ccc21. The van der Waals surface area contributed by atoms with Crippen LogP contribution in [0.5, 0.6) is 23.0 Å². The van der Waals surface area contributed by atoms with Crippen LogP contribution in [0.15, 0.2) is 66.4 Å². The lowest BCUT2D eigenvalue weighted by molar-refractivity contribution is 0.101. The van der Waals surface area contributed by atoms with Gasteiger partial charge in [-0.2, -0.15) is 0 Å². The molecular weight excluding hydrogens is 375 g/mol. The van der Waals surface area contributed by atoms with E-state index in [1.54, 1.807) is 48.5 Å². The van der Waals surface area contributed by atoms with E-state index in [2.05, 4.69) is 0 Å². The molecule has 0 unspecified atom stereocenters. The zero-order valence-electron chi connectivity index (χ0n) is 15.2. The molecule has 0 amide bonds. The van der Waals surface area contributed by atoms with Gasteiger partial charge in [-0.3, -0.25) is 4.79 Å². The molecule has 2 aliphatic heterocycles. The van der Waals surface area contributed by atoms with Crippen LogP contribution in [0, 0.1) is 5.82 Å². The molecule has 2 heterocycles. The molecule has 0 saturated carbocycles. The first-order valence-corrected chi connectivity index (χ1v) is 9.01. The van der Waals surface area contributed by atoms with Crippen molar-refractivity contribution in [2.24, 2.45) is 0 Å². The van der Waals surface area contributed by atoms with Crippen LogP contribution < -0.4 is 18.9 Å². The number of ketones is 1. The van der Waals surface area contributed by atoms with E-state index in [1.165, 1.54) is 12.1 Å². The van der Waals surface area contributed by atoms with Crippen LogP contribution in [0.2, 0.25) is 0 Å². The number of rotatable bonds is 4. The van der Waals surface area contributed by atoms with Gasteiger partial charge in [0.05, 0.1) is 5.56 Å². The molecule has 5 nitrogen and oxygen atoms in total. The quantitative estimate of drug-likeness (QED) is 0.602. The van der Waals surface area contributed by atoms with Crippen molar-refractivity contribution in [2.45, 2.75) is 6.61 Å². The molecule has 0 fully saturated rings. The first kappa shape index (κ1) is 17.3. The lowest BCUT2D eigenvalue weighted by atomic mass is 10.1. The molecule has 0 radical (unpaired) electrons. The van der Waals surface area contributed by atoms with Crippen LogP contribution in [-0.2, 0) is 6.61 Å². The molecule has 2 aliphatic rings. The molecule has 0 spiro atoms. The van der Waals surface area contributed by atoms with Crippen LogP contribution in [0.3, 0.4) is 0 Å². The minimum Gasteiger partial charge on any atom is -0.489 e. The monoisotopic (exact) mass is 390 g/mol. The summed E-state index contributed by atoms with van der Waals surface area (Å²) in [4.78, 5) is 12.6. The molecule has 5 rings (SSSR count). The highest BCUT2D eigenvalue weighted by atomic mass is 19.1. The number of hydrogen-bond acceptors (Lipinski definition) is 5. The number of carbonyl (C=O) groups is 1. The standard InChI is InChI=1S/C23H15FO5/c24-16-4-1-14(2-5-16)12-26-17-6-7-18-20(11-17)29-22(23(18)25)10-15-3-8-19-21(9-15)28-13-27-19/h1-11H,12-13H2/b22-10-. The Labute approximate surface area is 165 Å². The maximum absolute atomic E-state index is 13.0. The second-order valence-electron chi connectivity index (χ2n) is 6.63. The van der Waals surface area contributed by atoms with Crippen molar-refractivity contribution in [3.05, 3.63) is 88.9 Å². The largest absolute Gasteiger partial charge is 0.489 e. The van der Waals surface area contributed by atoms with Crippen molar-refractivity contribution >= 4 is 11.9 Å². The third-order valence-corrected chi connectivity index (χ3v) is 4.65. The molecule has 0 aromatic heterocycles. The number of benzene rings is 3. The van der Waals surface area contributed by atoms with Gasteiger partial charge in [-0.15, -0.1) is 0 Å². The molecule has 3 aromatic rings. The summed E-state index contributed by atoms with van der Waals surface area (Å²) in [6.07, 6.45) is 1.67. The third kappa shape index (κ3) is 3.40. The number of Topliss-reactive ketones (excluding diaryl/α,β-unsaturated/α-hetero) is 1. The number of fused-ring (bicyclic) bond motifs is 2. The predicted molar refractivity (Wildman–Crippen MR) is 103 cm³/mol. The number of hydrogen-bond donors (Lipinski definition) is 0. The lowest BCUT2D eigenvalue weighted by Gasteiger charge is -2.07. The van der Waals surface area contributed by atoms with Crippen molar-refractivity contribution < 1.29 is 28.1 Å². The van der Waals surface area contributed by atoms with Crippen LogP contribution in [0.4, 0.5) is 4.39 Å². The third-order valence-electron chi connectivity index (χ3n) is 4.65. The Morgan fingerprint density at radius 1 is 0.931 bits per heavy atom. The zero-order chi connectivity index (χ0) is 19.8. The first-order valence-electron chi connectivity index (χ1n) is 9.01. The van der Waals surface area contributed by atoms with Gasteiger partial charge in [-0.05, 0) is 53.6 Å². The van der Waals surface area contributed by atoms with Gasteiger partial charge >= 0.3 is 0 Å². The summed E-state index contributed by atoms with van der Waals surface area (Å²) in [7, 11) is 0. The van der Waals surface area contributed by atoms with Gasteiger partial charge in [0.25, 0.3) is 0 Å². The predicted octanol–water partition coefficient (Wildman–Crippen LogP) is 4.75. The smallest absolute Gasteiger partial charge is 0.231 e. The Bertz CT molecular complexity index is 1130. The molecule has 0 N–H and O–H groups in total. The van der Waals surface area contributed by atoms with Gasteiger partial charge in [0.2, 0.25) is 12.6 Å². The Morgan fingerprint density at radius 3 is 2.62 bits per heavy atom. The minimum atomic E-state index is -0.292. The number of allylic oxidation sites excluding steroid dienone is 1. The molecule has 3 aromatic carbocycles. The minimum absolute atomic E-state index is 0.191. The number of ether oxygens (including phenoxy) is 4. The summed E-state index contributed by atoms with van der Waals surface area (Å²) < 4.78 is 35.1.